The summed E-state index contributed by atoms with van der Waals surface area (Å²) in [6.45, 7) is -0.178. The molecular formula is C16H10ClF3N2O3S. The molecule has 0 fully saturated rings. The molecule has 0 saturated carbocycles. The molecule has 0 bridgehead atoms. The summed E-state index contributed by atoms with van der Waals surface area (Å²) in [5.74, 6) is -1.43. The first-order valence-corrected chi connectivity index (χ1v) is 8.56. The second-order valence-electron chi connectivity index (χ2n) is 5.40. The average Bonchev–Trinajstić information content (AvgIpc) is 2.57. The number of rotatable bonds is 3. The highest BCUT2D eigenvalue weighted by molar-refractivity contribution is 8.00. The number of hydrogen-bond acceptors (Lipinski definition) is 4. The molecule has 1 aliphatic rings. The van der Waals surface area contributed by atoms with E-state index in [4.69, 9.17) is 16.7 Å². The Morgan fingerprint density at radius 2 is 2.04 bits per heavy atom. The van der Waals surface area contributed by atoms with Crippen LogP contribution in [0.5, 0.6) is 0 Å². The summed E-state index contributed by atoms with van der Waals surface area (Å²) < 4.78 is 39.1. The van der Waals surface area contributed by atoms with Gasteiger partial charge in [-0.05, 0) is 29.8 Å². The van der Waals surface area contributed by atoms with Gasteiger partial charge in [0.2, 0.25) is 5.91 Å². The molecule has 1 N–H and O–H groups in total. The number of aromatic nitrogens is 1. The molecule has 0 saturated heterocycles. The van der Waals surface area contributed by atoms with Gasteiger partial charge >= 0.3 is 12.1 Å². The van der Waals surface area contributed by atoms with Crippen LogP contribution in [0.1, 0.15) is 21.6 Å². The van der Waals surface area contributed by atoms with Crippen molar-refractivity contribution in [3.63, 3.8) is 0 Å². The largest absolute Gasteiger partial charge is 0.477 e. The van der Waals surface area contributed by atoms with Gasteiger partial charge in [0, 0.05) is 0 Å². The molecule has 1 aromatic carbocycles. The molecule has 0 spiro atoms. The molecule has 0 radical (unpaired) electrons. The fourth-order valence-corrected chi connectivity index (χ4v) is 3.54. The van der Waals surface area contributed by atoms with Gasteiger partial charge < -0.3 is 5.11 Å². The summed E-state index contributed by atoms with van der Waals surface area (Å²) in [5, 5.41) is 8.64. The fraction of sp³-hybridized carbons (Fsp3) is 0.188. The lowest BCUT2D eigenvalue weighted by Gasteiger charge is -2.28. The molecule has 0 unspecified atom stereocenters. The van der Waals surface area contributed by atoms with E-state index in [9.17, 15) is 22.8 Å². The van der Waals surface area contributed by atoms with Crippen molar-refractivity contribution in [3.05, 3.63) is 52.2 Å². The minimum absolute atomic E-state index is 0.0841. The van der Waals surface area contributed by atoms with Gasteiger partial charge in [-0.1, -0.05) is 17.7 Å². The van der Waals surface area contributed by atoms with Crippen LogP contribution >= 0.6 is 23.4 Å². The van der Waals surface area contributed by atoms with Gasteiger partial charge in [-0.25, -0.2) is 9.78 Å². The second kappa shape index (κ2) is 6.81. The van der Waals surface area contributed by atoms with E-state index in [2.05, 4.69) is 4.98 Å². The topological polar surface area (TPSA) is 70.5 Å². The summed E-state index contributed by atoms with van der Waals surface area (Å²) >= 11 is 6.80. The van der Waals surface area contributed by atoms with Crippen molar-refractivity contribution in [2.24, 2.45) is 0 Å². The van der Waals surface area contributed by atoms with Crippen LogP contribution in [0, 0.1) is 0 Å². The molecule has 1 aromatic heterocycles. The molecule has 2 aromatic rings. The predicted octanol–water partition coefficient (Wildman–Crippen LogP) is 4.09. The maximum atomic E-state index is 13.0. The number of alkyl halides is 3. The number of aromatic carboxylic acids is 1. The third kappa shape index (κ3) is 3.63. The number of amides is 1. The van der Waals surface area contributed by atoms with Gasteiger partial charge in [0.15, 0.2) is 5.69 Å². The first-order chi connectivity index (χ1) is 12.2. The zero-order chi connectivity index (χ0) is 19.1. The number of anilines is 1. The Labute approximate surface area is 154 Å². The molecule has 1 amide bonds. The highest BCUT2D eigenvalue weighted by Gasteiger charge is 2.34. The molecule has 136 valence electrons. The predicted molar refractivity (Wildman–Crippen MR) is 89.6 cm³/mol. The van der Waals surface area contributed by atoms with Gasteiger partial charge in [0.25, 0.3) is 0 Å². The normalized spacial score (nSPS) is 14.3. The molecule has 1 aliphatic heterocycles. The monoisotopic (exact) mass is 402 g/mol. The summed E-state index contributed by atoms with van der Waals surface area (Å²) in [7, 11) is 0. The lowest BCUT2D eigenvalue weighted by molar-refractivity contribution is -0.137. The van der Waals surface area contributed by atoms with E-state index in [1.54, 1.807) is 0 Å². The van der Waals surface area contributed by atoms with E-state index in [0.717, 1.165) is 12.1 Å². The van der Waals surface area contributed by atoms with Gasteiger partial charge in [-0.2, -0.15) is 13.2 Å². The van der Waals surface area contributed by atoms with Crippen molar-refractivity contribution in [2.75, 3.05) is 10.7 Å². The van der Waals surface area contributed by atoms with Crippen molar-refractivity contribution in [1.29, 1.82) is 0 Å². The highest BCUT2D eigenvalue weighted by Crippen LogP contribution is 2.37. The molecule has 3 rings (SSSR count). The number of carboxylic acid groups (broad SMARTS) is 1. The number of fused-ring (bicyclic) bond motifs is 1. The summed E-state index contributed by atoms with van der Waals surface area (Å²) in [4.78, 5) is 29.1. The van der Waals surface area contributed by atoms with Gasteiger partial charge in [-0.3, -0.25) is 9.69 Å². The SMILES string of the molecule is O=C(O)c1ccc2c(n1)N(Cc1ccc(Cl)c(C(F)(F)F)c1)C(=O)CS2. The highest BCUT2D eigenvalue weighted by atomic mass is 35.5. The molecule has 5 nitrogen and oxygen atoms in total. The third-order valence-corrected chi connectivity index (χ3v) is 4.99. The standard InChI is InChI=1S/C16H10ClF3N2O3S/c17-10-2-1-8(5-9(10)16(18,19)20)6-22-13(23)7-26-12-4-3-11(15(24)25)21-14(12)22/h1-5H,6-7H2,(H,24,25). The van der Waals surface area contributed by atoms with Crippen molar-refractivity contribution in [1.82, 2.24) is 4.98 Å². The Hall–Kier alpha value is -2.26. The van der Waals surface area contributed by atoms with Gasteiger partial charge in [0.05, 0.1) is 27.8 Å². The maximum Gasteiger partial charge on any atom is 0.417 e. The van der Waals surface area contributed by atoms with Crippen molar-refractivity contribution in [2.45, 2.75) is 17.6 Å². The number of thioether (sulfide) groups is 1. The number of benzene rings is 1. The van der Waals surface area contributed by atoms with Crippen LogP contribution in [0.15, 0.2) is 35.2 Å². The number of pyridine rings is 1. The van der Waals surface area contributed by atoms with Crippen LogP contribution in [0.25, 0.3) is 0 Å². The Kier molecular flexibility index (Phi) is 4.85. The molecule has 0 aliphatic carbocycles. The number of carboxylic acids is 1. The number of carbonyl (C=O) groups excluding carboxylic acids is 1. The number of halogens is 4. The zero-order valence-electron chi connectivity index (χ0n) is 12.9. The Morgan fingerprint density at radius 1 is 1.31 bits per heavy atom. The van der Waals surface area contributed by atoms with Crippen molar-refractivity contribution >= 4 is 41.1 Å². The number of nitrogens with zero attached hydrogens (tertiary/aromatic N) is 2. The van der Waals surface area contributed by atoms with Crippen LogP contribution in [0.2, 0.25) is 5.02 Å². The van der Waals surface area contributed by atoms with Crippen LogP contribution in [0.3, 0.4) is 0 Å². The van der Waals surface area contributed by atoms with Gasteiger partial charge in [0.1, 0.15) is 5.82 Å². The van der Waals surface area contributed by atoms with Crippen LogP contribution in [0.4, 0.5) is 19.0 Å². The summed E-state index contributed by atoms with van der Waals surface area (Å²) in [6, 6.07) is 6.21. The Balaban J connectivity index is 1.99. The van der Waals surface area contributed by atoms with Gasteiger partial charge in [-0.15, -0.1) is 11.8 Å². The molecule has 2 heterocycles. The summed E-state index contributed by atoms with van der Waals surface area (Å²) in [5.41, 5.74) is -1.05. The third-order valence-electron chi connectivity index (χ3n) is 3.64. The average molecular weight is 403 g/mol. The summed E-state index contributed by atoms with van der Waals surface area (Å²) in [6.07, 6.45) is -4.62. The van der Waals surface area contributed by atoms with Crippen LogP contribution in [-0.4, -0.2) is 27.7 Å². The zero-order valence-corrected chi connectivity index (χ0v) is 14.5. The van der Waals surface area contributed by atoms with E-state index in [1.807, 2.05) is 0 Å². The molecule has 0 atom stereocenters. The van der Waals surface area contributed by atoms with Crippen LogP contribution in [-0.2, 0) is 17.5 Å². The van der Waals surface area contributed by atoms with Crippen LogP contribution < -0.4 is 4.90 Å². The van der Waals surface area contributed by atoms with E-state index in [0.29, 0.717) is 4.90 Å². The molecule has 26 heavy (non-hydrogen) atoms. The van der Waals surface area contributed by atoms with E-state index < -0.39 is 22.7 Å². The van der Waals surface area contributed by atoms with E-state index >= 15 is 0 Å². The number of carbonyl (C=O) groups is 2. The minimum Gasteiger partial charge on any atom is -0.477 e. The van der Waals surface area contributed by atoms with Crippen molar-refractivity contribution in [3.8, 4) is 0 Å². The Bertz CT molecular complexity index is 905. The smallest absolute Gasteiger partial charge is 0.417 e. The minimum atomic E-state index is -4.62. The number of hydrogen-bond donors (Lipinski definition) is 1. The van der Waals surface area contributed by atoms with E-state index in [-0.39, 0.29) is 35.3 Å². The molecule has 10 heteroatoms. The first kappa shape index (κ1) is 18.5. The maximum absolute atomic E-state index is 13.0. The quantitative estimate of drug-likeness (QED) is 0.837. The molecular weight excluding hydrogens is 393 g/mol. The first-order valence-electron chi connectivity index (χ1n) is 7.20. The Morgan fingerprint density at radius 3 is 2.69 bits per heavy atom. The fourth-order valence-electron chi connectivity index (χ4n) is 2.43. The van der Waals surface area contributed by atoms with E-state index in [1.165, 1.54) is 34.9 Å². The second-order valence-corrected chi connectivity index (χ2v) is 6.83. The lowest BCUT2D eigenvalue weighted by atomic mass is 10.1. The lowest BCUT2D eigenvalue weighted by Crippen LogP contribution is -2.36. The van der Waals surface area contributed by atoms with Crippen molar-refractivity contribution < 1.29 is 27.9 Å².